The van der Waals surface area contributed by atoms with Crippen LogP contribution >= 0.6 is 0 Å². The summed E-state index contributed by atoms with van der Waals surface area (Å²) in [6.45, 7) is 14.0. The van der Waals surface area contributed by atoms with Gasteiger partial charge in [0.25, 0.3) is 0 Å². The summed E-state index contributed by atoms with van der Waals surface area (Å²) in [7, 11) is 0. The molecule has 0 spiro atoms. The Morgan fingerprint density at radius 2 is 1.70 bits per heavy atom. The van der Waals surface area contributed by atoms with E-state index in [1.807, 2.05) is 0 Å². The zero-order valence-electron chi connectivity index (χ0n) is 14.1. The van der Waals surface area contributed by atoms with Crippen LogP contribution in [0.5, 0.6) is 0 Å². The Hall–Kier alpha value is -0.570. The first-order chi connectivity index (χ1) is 9.40. The molecule has 118 valence electrons. The van der Waals surface area contributed by atoms with Gasteiger partial charge in [-0.25, -0.2) is 0 Å². The van der Waals surface area contributed by atoms with Crippen molar-refractivity contribution in [3.8, 4) is 0 Å². The summed E-state index contributed by atoms with van der Waals surface area (Å²) in [6.07, 6.45) is 4.40. The molecule has 0 saturated carbocycles. The van der Waals surface area contributed by atoms with Crippen molar-refractivity contribution in [1.29, 1.82) is 0 Å². The zero-order chi connectivity index (χ0) is 15.1. The Morgan fingerprint density at radius 1 is 1.15 bits per heavy atom. The predicted molar refractivity (Wildman–Crippen MR) is 85.7 cm³/mol. The summed E-state index contributed by atoms with van der Waals surface area (Å²) in [4.78, 5) is 14.8. The first-order valence-corrected chi connectivity index (χ1v) is 8.42. The van der Waals surface area contributed by atoms with E-state index in [-0.39, 0.29) is 6.04 Å². The van der Waals surface area contributed by atoms with Gasteiger partial charge in [-0.3, -0.25) is 4.79 Å². The third-order valence-corrected chi connectivity index (χ3v) is 4.23. The van der Waals surface area contributed by atoms with Crippen molar-refractivity contribution in [2.24, 2.45) is 17.8 Å². The van der Waals surface area contributed by atoms with Crippen molar-refractivity contribution in [3.63, 3.8) is 0 Å². The number of nitrogens with one attached hydrogen (secondary N) is 1. The molecule has 1 rings (SSSR count). The molecule has 1 fully saturated rings. The molecule has 0 radical (unpaired) electrons. The van der Waals surface area contributed by atoms with Gasteiger partial charge in [-0.2, -0.15) is 0 Å². The molecule has 0 aliphatic carbocycles. The SMILES string of the molecule is CC(C)CCN(CCC(C)C)C(=O)C1CC(C)CCN1. The predicted octanol–water partition coefficient (Wildman–Crippen LogP) is 3.30. The lowest BCUT2D eigenvalue weighted by Gasteiger charge is -2.33. The van der Waals surface area contributed by atoms with Crippen LogP contribution in [0.25, 0.3) is 0 Å². The minimum absolute atomic E-state index is 0.0538. The number of hydrogen-bond donors (Lipinski definition) is 1. The summed E-state index contributed by atoms with van der Waals surface area (Å²) in [5.74, 6) is 2.31. The summed E-state index contributed by atoms with van der Waals surface area (Å²) < 4.78 is 0. The lowest BCUT2D eigenvalue weighted by molar-refractivity contribution is -0.134. The minimum atomic E-state index is 0.0538. The van der Waals surface area contributed by atoms with Crippen molar-refractivity contribution >= 4 is 5.91 Å². The number of amides is 1. The van der Waals surface area contributed by atoms with E-state index in [1.165, 1.54) is 6.42 Å². The highest BCUT2D eigenvalue weighted by atomic mass is 16.2. The fourth-order valence-electron chi connectivity index (χ4n) is 2.68. The molecule has 2 unspecified atom stereocenters. The maximum atomic E-state index is 12.7. The van der Waals surface area contributed by atoms with Gasteiger partial charge in [-0.05, 0) is 50.0 Å². The topological polar surface area (TPSA) is 32.3 Å². The lowest BCUT2D eigenvalue weighted by Crippen LogP contribution is -2.50. The monoisotopic (exact) mass is 282 g/mol. The fourth-order valence-corrected chi connectivity index (χ4v) is 2.68. The van der Waals surface area contributed by atoms with Crippen LogP contribution in [-0.4, -0.2) is 36.5 Å². The van der Waals surface area contributed by atoms with Gasteiger partial charge in [0.05, 0.1) is 6.04 Å². The molecule has 0 aromatic carbocycles. The molecule has 1 N–H and O–H groups in total. The fraction of sp³-hybridized carbons (Fsp3) is 0.941. The van der Waals surface area contributed by atoms with E-state index >= 15 is 0 Å². The minimum Gasteiger partial charge on any atom is -0.341 e. The molecule has 1 aliphatic rings. The van der Waals surface area contributed by atoms with Gasteiger partial charge in [0.2, 0.25) is 5.91 Å². The largest absolute Gasteiger partial charge is 0.341 e. The second-order valence-electron chi connectivity index (χ2n) is 7.33. The van der Waals surface area contributed by atoms with E-state index in [9.17, 15) is 4.79 Å². The molecule has 1 saturated heterocycles. The highest BCUT2D eigenvalue weighted by Crippen LogP contribution is 2.18. The highest BCUT2D eigenvalue weighted by Gasteiger charge is 2.28. The van der Waals surface area contributed by atoms with E-state index in [2.05, 4.69) is 44.8 Å². The number of hydrogen-bond acceptors (Lipinski definition) is 2. The normalized spacial score (nSPS) is 23.4. The standard InChI is InChI=1S/C17H34N2O/c1-13(2)7-10-19(11-8-14(3)4)17(20)16-12-15(5)6-9-18-16/h13-16,18H,6-12H2,1-5H3. The molecule has 0 aromatic heterocycles. The van der Waals surface area contributed by atoms with E-state index in [4.69, 9.17) is 0 Å². The lowest BCUT2D eigenvalue weighted by atomic mass is 9.93. The molecule has 2 atom stereocenters. The van der Waals surface area contributed by atoms with Crippen LogP contribution in [-0.2, 0) is 4.79 Å². The maximum Gasteiger partial charge on any atom is 0.239 e. The third kappa shape index (κ3) is 6.25. The average molecular weight is 282 g/mol. The second kappa shape index (κ2) is 8.66. The van der Waals surface area contributed by atoms with Gasteiger partial charge in [-0.1, -0.05) is 34.6 Å². The Bertz CT molecular complexity index is 277. The Morgan fingerprint density at radius 3 is 2.15 bits per heavy atom. The first-order valence-electron chi connectivity index (χ1n) is 8.42. The third-order valence-electron chi connectivity index (χ3n) is 4.23. The number of carbonyl (C=O) groups excluding carboxylic acids is 1. The van der Waals surface area contributed by atoms with Gasteiger partial charge >= 0.3 is 0 Å². The van der Waals surface area contributed by atoms with Crippen molar-refractivity contribution in [2.75, 3.05) is 19.6 Å². The molecule has 0 aromatic rings. The molecular weight excluding hydrogens is 248 g/mol. The van der Waals surface area contributed by atoms with Crippen molar-refractivity contribution < 1.29 is 4.79 Å². The maximum absolute atomic E-state index is 12.7. The van der Waals surface area contributed by atoms with Crippen molar-refractivity contribution in [2.45, 2.75) is 66.3 Å². The average Bonchev–Trinajstić information content (AvgIpc) is 2.37. The van der Waals surface area contributed by atoms with E-state index in [0.717, 1.165) is 38.9 Å². The number of rotatable bonds is 7. The molecule has 3 heteroatoms. The molecule has 0 bridgehead atoms. The summed E-state index contributed by atoms with van der Waals surface area (Å²) in [6, 6.07) is 0.0538. The number of carbonyl (C=O) groups is 1. The number of nitrogens with zero attached hydrogens (tertiary/aromatic N) is 1. The Kier molecular flexibility index (Phi) is 7.57. The smallest absolute Gasteiger partial charge is 0.239 e. The van der Waals surface area contributed by atoms with E-state index in [1.54, 1.807) is 0 Å². The number of piperidine rings is 1. The first kappa shape index (κ1) is 17.5. The molecule has 3 nitrogen and oxygen atoms in total. The van der Waals surface area contributed by atoms with Gasteiger partial charge in [0, 0.05) is 13.1 Å². The molecule has 20 heavy (non-hydrogen) atoms. The molecule has 1 heterocycles. The summed E-state index contributed by atoms with van der Waals surface area (Å²) in [5.41, 5.74) is 0. The van der Waals surface area contributed by atoms with Gasteiger partial charge < -0.3 is 10.2 Å². The van der Waals surface area contributed by atoms with E-state index in [0.29, 0.717) is 23.7 Å². The molecular formula is C17H34N2O. The quantitative estimate of drug-likeness (QED) is 0.777. The Labute approximate surface area is 125 Å². The van der Waals surface area contributed by atoms with Crippen LogP contribution in [0.3, 0.4) is 0 Å². The van der Waals surface area contributed by atoms with Gasteiger partial charge in [0.15, 0.2) is 0 Å². The molecule has 1 amide bonds. The van der Waals surface area contributed by atoms with Gasteiger partial charge in [-0.15, -0.1) is 0 Å². The van der Waals surface area contributed by atoms with Crippen molar-refractivity contribution in [3.05, 3.63) is 0 Å². The van der Waals surface area contributed by atoms with Crippen molar-refractivity contribution in [1.82, 2.24) is 10.2 Å². The summed E-state index contributed by atoms with van der Waals surface area (Å²) >= 11 is 0. The van der Waals surface area contributed by atoms with Crippen LogP contribution in [0.1, 0.15) is 60.3 Å². The van der Waals surface area contributed by atoms with Crippen LogP contribution in [0, 0.1) is 17.8 Å². The van der Waals surface area contributed by atoms with Crippen LogP contribution in [0.2, 0.25) is 0 Å². The highest BCUT2D eigenvalue weighted by molar-refractivity contribution is 5.82. The second-order valence-corrected chi connectivity index (χ2v) is 7.33. The zero-order valence-corrected chi connectivity index (χ0v) is 14.1. The molecule has 1 aliphatic heterocycles. The van der Waals surface area contributed by atoms with Gasteiger partial charge in [0.1, 0.15) is 0 Å². The Balaban J connectivity index is 2.56. The van der Waals surface area contributed by atoms with Crippen LogP contribution in [0.4, 0.5) is 0 Å². The summed E-state index contributed by atoms with van der Waals surface area (Å²) in [5, 5.41) is 3.41. The van der Waals surface area contributed by atoms with Crippen LogP contribution < -0.4 is 5.32 Å². The van der Waals surface area contributed by atoms with E-state index < -0.39 is 0 Å². The van der Waals surface area contributed by atoms with Crippen LogP contribution in [0.15, 0.2) is 0 Å².